The van der Waals surface area contributed by atoms with Crippen molar-refractivity contribution in [3.8, 4) is 0 Å². The van der Waals surface area contributed by atoms with Gasteiger partial charge < -0.3 is 20.4 Å². The van der Waals surface area contributed by atoms with E-state index in [2.05, 4.69) is 16.0 Å². The summed E-state index contributed by atoms with van der Waals surface area (Å²) in [7, 11) is 3.94. The molecule has 2 aromatic carbocycles. The van der Waals surface area contributed by atoms with Crippen LogP contribution in [0.25, 0.3) is 0 Å². The second kappa shape index (κ2) is 8.81. The van der Waals surface area contributed by atoms with Crippen LogP contribution in [0.15, 0.2) is 42.5 Å². The Balaban J connectivity index is 1.42. The summed E-state index contributed by atoms with van der Waals surface area (Å²) in [5.74, 6) is -1.02. The molecule has 0 bridgehead atoms. The summed E-state index contributed by atoms with van der Waals surface area (Å²) in [6.45, 7) is 4.11. The molecule has 0 spiro atoms. The molecule has 3 N–H and O–H groups in total. The average Bonchev–Trinajstić information content (AvgIpc) is 3.09. The summed E-state index contributed by atoms with van der Waals surface area (Å²) < 4.78 is 0. The molecule has 1 fully saturated rings. The van der Waals surface area contributed by atoms with E-state index in [-0.39, 0.29) is 30.8 Å². The van der Waals surface area contributed by atoms with Crippen molar-refractivity contribution in [3.63, 3.8) is 0 Å². The monoisotopic (exact) mass is 463 g/mol. The van der Waals surface area contributed by atoms with Crippen molar-refractivity contribution >= 4 is 35.1 Å². The molecule has 2 aliphatic heterocycles. The van der Waals surface area contributed by atoms with E-state index >= 15 is 0 Å². The molecule has 2 aliphatic rings. The summed E-state index contributed by atoms with van der Waals surface area (Å²) >= 11 is 0. The summed E-state index contributed by atoms with van der Waals surface area (Å²) in [6.07, 6.45) is 0.514. The van der Waals surface area contributed by atoms with E-state index in [4.69, 9.17) is 0 Å². The first kappa shape index (κ1) is 23.3. The van der Waals surface area contributed by atoms with Crippen LogP contribution < -0.4 is 20.9 Å². The predicted molar refractivity (Wildman–Crippen MR) is 128 cm³/mol. The van der Waals surface area contributed by atoms with Gasteiger partial charge in [-0.05, 0) is 61.7 Å². The highest BCUT2D eigenvalue weighted by Gasteiger charge is 2.39. The Morgan fingerprint density at radius 2 is 1.79 bits per heavy atom. The quantitative estimate of drug-likeness (QED) is 0.591. The second-order valence-electron chi connectivity index (χ2n) is 9.42. The van der Waals surface area contributed by atoms with Gasteiger partial charge in [0.1, 0.15) is 6.04 Å². The molecule has 5 amide bonds. The number of amides is 5. The fourth-order valence-corrected chi connectivity index (χ4v) is 4.35. The number of urea groups is 1. The van der Waals surface area contributed by atoms with Crippen molar-refractivity contribution in [2.45, 2.75) is 44.8 Å². The predicted octanol–water partition coefficient (Wildman–Crippen LogP) is 2.57. The van der Waals surface area contributed by atoms with Crippen LogP contribution in [0.3, 0.4) is 0 Å². The zero-order valence-electron chi connectivity index (χ0n) is 19.8. The van der Waals surface area contributed by atoms with E-state index in [9.17, 15) is 19.2 Å². The first-order valence-corrected chi connectivity index (χ1v) is 11.2. The summed E-state index contributed by atoms with van der Waals surface area (Å²) in [5.41, 5.74) is 3.20. The number of fused-ring (bicyclic) bond motifs is 1. The standard InChI is InChI=1S/C25H29N5O4/c1-25(2,16-5-8-18(9-6-16)29(3)4)28-24(34)26-17-7-10-19-15(13-17)14-30(23(19)33)20-11-12-21(31)27-22(20)32/h5-10,13,20H,11-12,14H2,1-4H3,(H2,26,28,34)(H,27,31,32). The number of hydrogen-bond acceptors (Lipinski definition) is 5. The fourth-order valence-electron chi connectivity index (χ4n) is 4.35. The molecule has 4 rings (SSSR count). The number of rotatable bonds is 5. The van der Waals surface area contributed by atoms with Gasteiger partial charge in [0.15, 0.2) is 0 Å². The van der Waals surface area contributed by atoms with Gasteiger partial charge in [-0.3, -0.25) is 19.7 Å². The summed E-state index contributed by atoms with van der Waals surface area (Å²) in [5, 5.41) is 8.12. The summed E-state index contributed by atoms with van der Waals surface area (Å²) in [6, 6.07) is 12.0. The molecule has 9 nitrogen and oxygen atoms in total. The number of nitrogens with zero attached hydrogens (tertiary/aromatic N) is 2. The maximum Gasteiger partial charge on any atom is 0.319 e. The van der Waals surface area contributed by atoms with Crippen molar-refractivity contribution in [2.24, 2.45) is 0 Å². The van der Waals surface area contributed by atoms with E-state index in [1.807, 2.05) is 57.1 Å². The van der Waals surface area contributed by atoms with Gasteiger partial charge in [0.2, 0.25) is 11.8 Å². The van der Waals surface area contributed by atoms with Gasteiger partial charge in [0.25, 0.3) is 5.91 Å². The van der Waals surface area contributed by atoms with Gasteiger partial charge in [0, 0.05) is 44.0 Å². The highest BCUT2D eigenvalue weighted by atomic mass is 16.2. The zero-order valence-corrected chi connectivity index (χ0v) is 19.8. The molecule has 1 saturated heterocycles. The lowest BCUT2D eigenvalue weighted by Crippen LogP contribution is -2.52. The average molecular weight is 464 g/mol. The minimum absolute atomic E-state index is 0.206. The largest absolute Gasteiger partial charge is 0.378 e. The van der Waals surface area contributed by atoms with Crippen LogP contribution in [0, 0.1) is 0 Å². The van der Waals surface area contributed by atoms with Gasteiger partial charge in [0.05, 0.1) is 5.54 Å². The number of carbonyl (C=O) groups is 4. The Morgan fingerprint density at radius 1 is 1.09 bits per heavy atom. The molecule has 2 aromatic rings. The van der Waals surface area contributed by atoms with Crippen molar-refractivity contribution in [3.05, 3.63) is 59.2 Å². The molecule has 9 heteroatoms. The third-order valence-electron chi connectivity index (χ3n) is 6.31. The molecule has 0 saturated carbocycles. The molecule has 1 unspecified atom stereocenters. The molecular formula is C25H29N5O4. The van der Waals surface area contributed by atoms with Crippen molar-refractivity contribution in [1.82, 2.24) is 15.5 Å². The zero-order chi connectivity index (χ0) is 24.6. The number of piperidine rings is 1. The van der Waals surface area contributed by atoms with Crippen molar-refractivity contribution < 1.29 is 19.2 Å². The molecule has 0 aliphatic carbocycles. The van der Waals surface area contributed by atoms with Crippen molar-refractivity contribution in [2.75, 3.05) is 24.3 Å². The third kappa shape index (κ3) is 4.59. The lowest BCUT2D eigenvalue weighted by atomic mass is 9.94. The van der Waals surface area contributed by atoms with E-state index in [1.54, 1.807) is 18.2 Å². The van der Waals surface area contributed by atoms with Gasteiger partial charge in [-0.1, -0.05) is 12.1 Å². The molecule has 0 radical (unpaired) electrons. The van der Waals surface area contributed by atoms with E-state index in [0.717, 1.165) is 16.8 Å². The lowest BCUT2D eigenvalue weighted by molar-refractivity contribution is -0.136. The Hall–Kier alpha value is -3.88. The first-order valence-electron chi connectivity index (χ1n) is 11.2. The highest BCUT2D eigenvalue weighted by Crippen LogP contribution is 2.30. The number of carbonyl (C=O) groups excluding carboxylic acids is 4. The minimum atomic E-state index is -0.669. The molecule has 34 heavy (non-hydrogen) atoms. The SMILES string of the molecule is CN(C)c1ccc(C(C)(C)NC(=O)Nc2ccc3c(c2)CN(C2CCC(=O)NC2=O)C3=O)cc1. The fraction of sp³-hybridized carbons (Fsp3) is 0.360. The number of nitrogens with one attached hydrogen (secondary N) is 3. The van der Waals surface area contributed by atoms with Crippen LogP contribution in [-0.2, 0) is 21.7 Å². The highest BCUT2D eigenvalue weighted by molar-refractivity contribution is 6.05. The van der Waals surface area contributed by atoms with Crippen molar-refractivity contribution in [1.29, 1.82) is 0 Å². The first-order chi connectivity index (χ1) is 16.0. The molecular weight excluding hydrogens is 434 g/mol. The van der Waals surface area contributed by atoms with Crippen LogP contribution in [0.5, 0.6) is 0 Å². The molecule has 178 valence electrons. The van der Waals surface area contributed by atoms with E-state index in [1.165, 1.54) is 4.90 Å². The Labute approximate surface area is 198 Å². The molecule has 2 heterocycles. The van der Waals surface area contributed by atoms with Gasteiger partial charge in [-0.15, -0.1) is 0 Å². The second-order valence-corrected chi connectivity index (χ2v) is 9.42. The van der Waals surface area contributed by atoms with Gasteiger partial charge >= 0.3 is 6.03 Å². The topological polar surface area (TPSA) is 111 Å². The van der Waals surface area contributed by atoms with Gasteiger partial charge in [-0.25, -0.2) is 4.79 Å². The van der Waals surface area contributed by atoms with Crippen LogP contribution in [0.1, 0.15) is 48.2 Å². The molecule has 1 atom stereocenters. The Bertz CT molecular complexity index is 1160. The Kier molecular flexibility index (Phi) is 6.03. The smallest absolute Gasteiger partial charge is 0.319 e. The number of imide groups is 1. The summed E-state index contributed by atoms with van der Waals surface area (Å²) in [4.78, 5) is 52.7. The van der Waals surface area contributed by atoms with Crippen LogP contribution in [-0.4, -0.2) is 48.8 Å². The maximum absolute atomic E-state index is 12.8. The third-order valence-corrected chi connectivity index (χ3v) is 6.31. The minimum Gasteiger partial charge on any atom is -0.378 e. The Morgan fingerprint density at radius 3 is 2.44 bits per heavy atom. The maximum atomic E-state index is 12.8. The lowest BCUT2D eigenvalue weighted by Gasteiger charge is -2.29. The number of anilines is 2. The van der Waals surface area contributed by atoms with E-state index < -0.39 is 17.5 Å². The van der Waals surface area contributed by atoms with Crippen LogP contribution >= 0.6 is 0 Å². The van der Waals surface area contributed by atoms with E-state index in [0.29, 0.717) is 17.7 Å². The van der Waals surface area contributed by atoms with Gasteiger partial charge in [-0.2, -0.15) is 0 Å². The molecule has 0 aromatic heterocycles. The number of benzene rings is 2. The van der Waals surface area contributed by atoms with Crippen LogP contribution in [0.4, 0.5) is 16.2 Å². The number of hydrogen-bond donors (Lipinski definition) is 3. The normalized spacial score (nSPS) is 17.8. The van der Waals surface area contributed by atoms with Crippen LogP contribution in [0.2, 0.25) is 0 Å².